The Labute approximate surface area is 128 Å². The summed E-state index contributed by atoms with van der Waals surface area (Å²) in [6.07, 6.45) is 0. The second kappa shape index (κ2) is 3.65. The van der Waals surface area contributed by atoms with Gasteiger partial charge in [-0.2, -0.15) is 0 Å². The molecule has 0 aromatic heterocycles. The van der Waals surface area contributed by atoms with Crippen LogP contribution in [0.1, 0.15) is 21.5 Å². The van der Waals surface area contributed by atoms with Crippen molar-refractivity contribution in [2.24, 2.45) is 5.73 Å². The number of nitrogens with two attached hydrogens (primary N) is 2. The summed E-state index contributed by atoms with van der Waals surface area (Å²) in [7, 11) is 0. The van der Waals surface area contributed by atoms with Crippen molar-refractivity contribution >= 4 is 27.4 Å². The first-order chi connectivity index (χ1) is 9.89. The molecule has 4 rings (SSSR count). The Bertz CT molecular complexity index is 823. The molecule has 0 saturated heterocycles. The quantitative estimate of drug-likeness (QED) is 0.629. The van der Waals surface area contributed by atoms with Crippen LogP contribution in [0, 0.1) is 0 Å². The van der Waals surface area contributed by atoms with Crippen molar-refractivity contribution in [2.45, 2.75) is 11.3 Å². The number of carbonyl (C=O) groups is 1. The lowest BCUT2D eigenvalue weighted by atomic mass is 9.84. The van der Waals surface area contributed by atoms with E-state index in [2.05, 4.69) is 15.9 Å². The number of carbonyl (C=O) groups excluding carboxylic acids is 1. The number of ketones is 1. The van der Waals surface area contributed by atoms with Gasteiger partial charge in [0.2, 0.25) is 0 Å². The van der Waals surface area contributed by atoms with E-state index >= 15 is 0 Å². The predicted molar refractivity (Wildman–Crippen MR) is 79.7 cm³/mol. The SMILES string of the molecule is Nc1cccc2c1C(=O)[C@]1(N)c3ccc(Br)cc3O[C@]21O. The zero-order valence-electron chi connectivity index (χ0n) is 10.8. The van der Waals surface area contributed by atoms with Gasteiger partial charge >= 0.3 is 0 Å². The minimum absolute atomic E-state index is 0.232. The molecule has 0 radical (unpaired) electrons. The largest absolute Gasteiger partial charge is 0.455 e. The third-order valence-corrected chi connectivity index (χ3v) is 4.70. The molecule has 2 atom stereocenters. The molecule has 0 saturated carbocycles. The van der Waals surface area contributed by atoms with E-state index in [1.54, 1.807) is 36.4 Å². The van der Waals surface area contributed by atoms with Gasteiger partial charge in [-0.15, -0.1) is 0 Å². The first kappa shape index (κ1) is 12.8. The number of rotatable bonds is 0. The molecule has 0 unspecified atom stereocenters. The highest BCUT2D eigenvalue weighted by Crippen LogP contribution is 2.57. The molecular weight excluding hydrogens is 336 g/mol. The highest BCUT2D eigenvalue weighted by Gasteiger charge is 2.69. The summed E-state index contributed by atoms with van der Waals surface area (Å²) >= 11 is 3.33. The molecule has 1 aliphatic heterocycles. The van der Waals surface area contributed by atoms with Crippen molar-refractivity contribution < 1.29 is 14.6 Å². The number of halogens is 1. The van der Waals surface area contributed by atoms with Crippen LogP contribution in [0.5, 0.6) is 5.75 Å². The highest BCUT2D eigenvalue weighted by molar-refractivity contribution is 9.10. The van der Waals surface area contributed by atoms with Crippen LogP contribution < -0.4 is 16.2 Å². The van der Waals surface area contributed by atoms with Gasteiger partial charge in [-0.3, -0.25) is 4.79 Å². The molecule has 0 amide bonds. The van der Waals surface area contributed by atoms with Crippen LogP contribution in [-0.4, -0.2) is 10.9 Å². The van der Waals surface area contributed by atoms with Gasteiger partial charge in [-0.1, -0.05) is 34.1 Å². The van der Waals surface area contributed by atoms with Gasteiger partial charge in [0.05, 0.1) is 5.56 Å². The predicted octanol–water partition coefficient (Wildman–Crippen LogP) is 1.62. The number of nitrogen functional groups attached to an aromatic ring is 1. The smallest absolute Gasteiger partial charge is 0.265 e. The maximum Gasteiger partial charge on any atom is 0.265 e. The maximum absolute atomic E-state index is 12.8. The van der Waals surface area contributed by atoms with Gasteiger partial charge in [0.15, 0.2) is 11.3 Å². The number of anilines is 1. The Morgan fingerprint density at radius 2 is 1.95 bits per heavy atom. The number of fused-ring (bicyclic) bond motifs is 5. The summed E-state index contributed by atoms with van der Waals surface area (Å²) in [6, 6.07) is 9.98. The average Bonchev–Trinajstić information content (AvgIpc) is 2.76. The molecule has 0 bridgehead atoms. The number of Topliss-reactive ketones (excluding diaryl/α,β-unsaturated/α-hetero) is 1. The van der Waals surface area contributed by atoms with E-state index in [1.165, 1.54) is 0 Å². The molecular formula is C15H11BrN2O3. The summed E-state index contributed by atoms with van der Waals surface area (Å²) in [5.41, 5.74) is 11.8. The van der Waals surface area contributed by atoms with E-state index in [-0.39, 0.29) is 11.3 Å². The molecule has 2 aliphatic rings. The van der Waals surface area contributed by atoms with E-state index < -0.39 is 17.1 Å². The van der Waals surface area contributed by atoms with Crippen molar-refractivity contribution in [3.05, 3.63) is 57.6 Å². The zero-order valence-corrected chi connectivity index (χ0v) is 12.3. The summed E-state index contributed by atoms with van der Waals surface area (Å²) in [5.74, 6) is -1.98. The van der Waals surface area contributed by atoms with E-state index in [4.69, 9.17) is 16.2 Å². The van der Waals surface area contributed by atoms with Crippen LogP contribution in [0.25, 0.3) is 0 Å². The maximum atomic E-state index is 12.8. The Morgan fingerprint density at radius 1 is 1.19 bits per heavy atom. The van der Waals surface area contributed by atoms with Crippen molar-refractivity contribution in [1.29, 1.82) is 0 Å². The van der Waals surface area contributed by atoms with Gasteiger partial charge < -0.3 is 21.3 Å². The monoisotopic (exact) mass is 346 g/mol. The third-order valence-electron chi connectivity index (χ3n) is 4.21. The van der Waals surface area contributed by atoms with Crippen LogP contribution in [0.2, 0.25) is 0 Å². The van der Waals surface area contributed by atoms with Crippen LogP contribution in [0.15, 0.2) is 40.9 Å². The lowest BCUT2D eigenvalue weighted by Gasteiger charge is -2.29. The van der Waals surface area contributed by atoms with Gasteiger partial charge in [0.25, 0.3) is 5.79 Å². The lowest BCUT2D eigenvalue weighted by Crippen LogP contribution is -2.55. The molecule has 1 heterocycles. The molecule has 5 N–H and O–H groups in total. The van der Waals surface area contributed by atoms with Crippen LogP contribution in [0.4, 0.5) is 5.69 Å². The molecule has 0 spiro atoms. The molecule has 6 heteroatoms. The fourth-order valence-corrected chi connectivity index (χ4v) is 3.52. The van der Waals surface area contributed by atoms with Crippen LogP contribution in [-0.2, 0) is 11.3 Å². The first-order valence-electron chi connectivity index (χ1n) is 6.33. The minimum Gasteiger partial charge on any atom is -0.455 e. The van der Waals surface area contributed by atoms with Crippen LogP contribution in [0.3, 0.4) is 0 Å². The number of hydrogen-bond donors (Lipinski definition) is 3. The Hall–Kier alpha value is -1.89. The number of benzene rings is 2. The summed E-state index contributed by atoms with van der Waals surface area (Å²) < 4.78 is 6.45. The van der Waals surface area contributed by atoms with E-state index in [9.17, 15) is 9.90 Å². The van der Waals surface area contributed by atoms with E-state index in [0.29, 0.717) is 16.9 Å². The second-order valence-corrected chi connectivity index (χ2v) is 6.21. The first-order valence-corrected chi connectivity index (χ1v) is 7.13. The van der Waals surface area contributed by atoms with E-state index in [0.717, 1.165) is 4.47 Å². The van der Waals surface area contributed by atoms with Crippen LogP contribution >= 0.6 is 15.9 Å². The standard InChI is InChI=1S/C15H11BrN2O3/c16-7-4-5-8-11(6-7)21-15(20)9-2-1-3-10(17)12(9)13(19)14(8,15)18/h1-6,20H,17-18H2/t14-,15-/m1/s1. The molecule has 106 valence electrons. The molecule has 21 heavy (non-hydrogen) atoms. The Balaban J connectivity index is 2.06. The fourth-order valence-electron chi connectivity index (χ4n) is 3.18. The highest BCUT2D eigenvalue weighted by atomic mass is 79.9. The van der Waals surface area contributed by atoms with Gasteiger partial charge in [-0.05, 0) is 18.2 Å². The Kier molecular flexibility index (Phi) is 2.23. The molecule has 1 aliphatic carbocycles. The van der Waals surface area contributed by atoms with Gasteiger partial charge in [-0.25, -0.2) is 0 Å². The average molecular weight is 347 g/mol. The fraction of sp³-hybridized carbons (Fsp3) is 0.133. The second-order valence-electron chi connectivity index (χ2n) is 5.29. The summed E-state index contributed by atoms with van der Waals surface area (Å²) in [4.78, 5) is 12.8. The van der Waals surface area contributed by atoms with Crippen molar-refractivity contribution in [3.63, 3.8) is 0 Å². The molecule has 0 fully saturated rings. The van der Waals surface area contributed by atoms with E-state index in [1.807, 2.05) is 0 Å². The van der Waals surface area contributed by atoms with Gasteiger partial charge in [0.1, 0.15) is 5.75 Å². The third kappa shape index (κ3) is 1.26. The molecule has 2 aromatic carbocycles. The number of ether oxygens (including phenoxy) is 1. The molecule has 2 aromatic rings. The van der Waals surface area contributed by atoms with Crippen molar-refractivity contribution in [1.82, 2.24) is 0 Å². The summed E-state index contributed by atoms with van der Waals surface area (Å²) in [5, 5.41) is 11.0. The van der Waals surface area contributed by atoms with Crippen molar-refractivity contribution in [2.75, 3.05) is 5.73 Å². The normalized spacial score (nSPS) is 28.8. The number of hydrogen-bond acceptors (Lipinski definition) is 5. The summed E-state index contributed by atoms with van der Waals surface area (Å²) in [6.45, 7) is 0. The topological polar surface area (TPSA) is 98.6 Å². The van der Waals surface area contributed by atoms with Gasteiger partial charge in [0, 0.05) is 21.3 Å². The Morgan fingerprint density at radius 3 is 2.71 bits per heavy atom. The molecule has 5 nitrogen and oxygen atoms in total. The number of aliphatic hydroxyl groups is 1. The lowest BCUT2D eigenvalue weighted by molar-refractivity contribution is -0.162. The van der Waals surface area contributed by atoms with Crippen molar-refractivity contribution in [3.8, 4) is 5.75 Å². The minimum atomic E-state index is -1.93. The zero-order chi connectivity index (χ0) is 15.0.